The van der Waals surface area contributed by atoms with Gasteiger partial charge < -0.3 is 10.6 Å². The van der Waals surface area contributed by atoms with Crippen LogP contribution in [0, 0.1) is 0 Å². The van der Waals surface area contributed by atoms with Gasteiger partial charge in [-0.15, -0.1) is 5.10 Å². The maximum atomic E-state index is 6.14. The summed E-state index contributed by atoms with van der Waals surface area (Å²) in [5.74, 6) is 1.55. The molecule has 0 radical (unpaired) electrons. The highest BCUT2D eigenvalue weighted by Crippen LogP contribution is 2.19. The van der Waals surface area contributed by atoms with Crippen molar-refractivity contribution in [3.63, 3.8) is 0 Å². The van der Waals surface area contributed by atoms with Gasteiger partial charge in [-0.2, -0.15) is 4.98 Å². The molecule has 1 aromatic heterocycles. The predicted molar refractivity (Wildman–Crippen MR) is 75.4 cm³/mol. The summed E-state index contributed by atoms with van der Waals surface area (Å²) in [6.07, 6.45) is 1.65. The molecule has 0 aliphatic carbocycles. The fourth-order valence-electron chi connectivity index (χ4n) is 2.30. The summed E-state index contributed by atoms with van der Waals surface area (Å²) in [7, 11) is 0. The van der Waals surface area contributed by atoms with Crippen molar-refractivity contribution < 1.29 is 0 Å². The number of rotatable bonds is 3. The zero-order chi connectivity index (χ0) is 13.2. The van der Waals surface area contributed by atoms with Crippen LogP contribution in [0.1, 0.15) is 17.8 Å². The molecule has 19 heavy (non-hydrogen) atoms. The van der Waals surface area contributed by atoms with Gasteiger partial charge in [0.1, 0.15) is 5.82 Å². The number of hydrogen-bond acceptors (Lipinski definition) is 4. The zero-order valence-electron chi connectivity index (χ0n) is 10.5. The number of nitrogens with two attached hydrogens (primary N) is 1. The quantitative estimate of drug-likeness (QED) is 0.894. The second kappa shape index (κ2) is 5.19. The zero-order valence-corrected chi connectivity index (χ0v) is 11.3. The highest BCUT2D eigenvalue weighted by atomic mass is 35.5. The normalized spacial score (nSPS) is 19.1. The first kappa shape index (κ1) is 12.4. The van der Waals surface area contributed by atoms with Crippen molar-refractivity contribution in [3.05, 3.63) is 40.7 Å². The van der Waals surface area contributed by atoms with E-state index in [4.69, 9.17) is 17.3 Å². The first-order chi connectivity index (χ1) is 9.22. The third-order valence-electron chi connectivity index (χ3n) is 3.34. The molecule has 0 amide bonds. The van der Waals surface area contributed by atoms with Crippen LogP contribution in [0.4, 0.5) is 5.95 Å². The van der Waals surface area contributed by atoms with Crippen molar-refractivity contribution in [1.82, 2.24) is 15.2 Å². The molecule has 0 saturated carbocycles. The Hall–Kier alpha value is -1.59. The summed E-state index contributed by atoms with van der Waals surface area (Å²) in [6, 6.07) is 8.00. The van der Waals surface area contributed by atoms with E-state index in [-0.39, 0.29) is 6.04 Å². The fraction of sp³-hybridized carbons (Fsp3) is 0.385. The van der Waals surface area contributed by atoms with Crippen molar-refractivity contribution in [2.24, 2.45) is 5.73 Å². The van der Waals surface area contributed by atoms with Gasteiger partial charge in [-0.1, -0.05) is 29.8 Å². The lowest BCUT2D eigenvalue weighted by Crippen LogP contribution is -2.27. The van der Waals surface area contributed by atoms with E-state index in [0.717, 1.165) is 41.9 Å². The van der Waals surface area contributed by atoms with Crippen LogP contribution in [0.2, 0.25) is 5.02 Å². The lowest BCUT2D eigenvalue weighted by Gasteiger charge is -2.11. The highest BCUT2D eigenvalue weighted by molar-refractivity contribution is 6.31. The largest absolute Gasteiger partial charge is 0.338 e. The van der Waals surface area contributed by atoms with E-state index in [1.807, 2.05) is 24.3 Å². The molecule has 3 N–H and O–H groups in total. The van der Waals surface area contributed by atoms with Crippen LogP contribution < -0.4 is 10.6 Å². The Bertz CT molecular complexity index is 568. The summed E-state index contributed by atoms with van der Waals surface area (Å²) in [5.41, 5.74) is 6.93. The SMILES string of the molecule is NC1CCN(c2n[nH]c(Cc3ccccc3Cl)n2)C1. The maximum absolute atomic E-state index is 6.14. The van der Waals surface area contributed by atoms with E-state index in [9.17, 15) is 0 Å². The van der Waals surface area contributed by atoms with Crippen molar-refractivity contribution in [2.45, 2.75) is 18.9 Å². The smallest absolute Gasteiger partial charge is 0.244 e. The molecule has 6 heteroatoms. The van der Waals surface area contributed by atoms with Crippen LogP contribution in [-0.2, 0) is 6.42 Å². The van der Waals surface area contributed by atoms with E-state index < -0.39 is 0 Å². The van der Waals surface area contributed by atoms with Crippen LogP contribution in [0.25, 0.3) is 0 Å². The number of hydrogen-bond donors (Lipinski definition) is 2. The summed E-state index contributed by atoms with van der Waals surface area (Å²) >= 11 is 6.14. The molecule has 0 bridgehead atoms. The summed E-state index contributed by atoms with van der Waals surface area (Å²) < 4.78 is 0. The number of anilines is 1. The number of benzene rings is 1. The van der Waals surface area contributed by atoms with Gasteiger partial charge in [0.2, 0.25) is 5.95 Å². The molecule has 0 spiro atoms. The third-order valence-corrected chi connectivity index (χ3v) is 3.71. The van der Waals surface area contributed by atoms with Gasteiger partial charge >= 0.3 is 0 Å². The minimum Gasteiger partial charge on any atom is -0.338 e. The first-order valence-corrected chi connectivity index (χ1v) is 6.75. The van der Waals surface area contributed by atoms with Gasteiger partial charge in [0.15, 0.2) is 0 Å². The topological polar surface area (TPSA) is 70.8 Å². The van der Waals surface area contributed by atoms with Gasteiger partial charge in [0.05, 0.1) is 0 Å². The Morgan fingerprint density at radius 3 is 3.00 bits per heavy atom. The Kier molecular flexibility index (Phi) is 3.40. The van der Waals surface area contributed by atoms with Crippen LogP contribution in [-0.4, -0.2) is 34.3 Å². The summed E-state index contributed by atoms with van der Waals surface area (Å²) in [4.78, 5) is 6.62. The summed E-state index contributed by atoms with van der Waals surface area (Å²) in [6.45, 7) is 1.74. The predicted octanol–water partition coefficient (Wildman–Crippen LogP) is 1.59. The van der Waals surface area contributed by atoms with E-state index in [1.54, 1.807) is 0 Å². The molecular formula is C13H16ClN5. The number of aromatic amines is 1. The van der Waals surface area contributed by atoms with Gasteiger partial charge in [0.25, 0.3) is 0 Å². The molecule has 1 atom stereocenters. The molecule has 1 aliphatic heterocycles. The Morgan fingerprint density at radius 1 is 1.42 bits per heavy atom. The molecule has 1 aromatic carbocycles. The number of nitrogens with one attached hydrogen (secondary N) is 1. The molecule has 100 valence electrons. The minimum absolute atomic E-state index is 0.227. The van der Waals surface area contributed by atoms with Crippen molar-refractivity contribution in [2.75, 3.05) is 18.0 Å². The van der Waals surface area contributed by atoms with Crippen molar-refractivity contribution in [3.8, 4) is 0 Å². The maximum Gasteiger partial charge on any atom is 0.244 e. The average molecular weight is 278 g/mol. The highest BCUT2D eigenvalue weighted by Gasteiger charge is 2.22. The second-order valence-electron chi connectivity index (χ2n) is 4.85. The fourth-order valence-corrected chi connectivity index (χ4v) is 2.50. The van der Waals surface area contributed by atoms with E-state index >= 15 is 0 Å². The van der Waals surface area contributed by atoms with Crippen LogP contribution in [0.15, 0.2) is 24.3 Å². The molecule has 1 fully saturated rings. The van der Waals surface area contributed by atoms with E-state index in [0.29, 0.717) is 6.42 Å². The van der Waals surface area contributed by atoms with Gasteiger partial charge in [-0.3, -0.25) is 5.10 Å². The van der Waals surface area contributed by atoms with E-state index in [2.05, 4.69) is 20.1 Å². The van der Waals surface area contributed by atoms with E-state index in [1.165, 1.54) is 0 Å². The minimum atomic E-state index is 0.227. The Balaban J connectivity index is 1.73. The van der Waals surface area contributed by atoms with Gasteiger partial charge in [0, 0.05) is 30.6 Å². The number of nitrogens with zero attached hydrogens (tertiary/aromatic N) is 3. The van der Waals surface area contributed by atoms with Gasteiger partial charge in [-0.25, -0.2) is 0 Å². The monoisotopic (exact) mass is 277 g/mol. The number of H-pyrrole nitrogens is 1. The average Bonchev–Trinajstić information content (AvgIpc) is 3.01. The summed E-state index contributed by atoms with van der Waals surface area (Å²) in [5, 5.41) is 7.97. The molecule has 1 unspecified atom stereocenters. The first-order valence-electron chi connectivity index (χ1n) is 6.37. The van der Waals surface area contributed by atoms with Crippen LogP contribution in [0.3, 0.4) is 0 Å². The van der Waals surface area contributed by atoms with Gasteiger partial charge in [-0.05, 0) is 18.1 Å². The Morgan fingerprint density at radius 2 is 2.26 bits per heavy atom. The molecule has 5 nitrogen and oxygen atoms in total. The molecule has 1 aliphatic rings. The molecule has 2 heterocycles. The van der Waals surface area contributed by atoms with Crippen molar-refractivity contribution >= 4 is 17.5 Å². The lowest BCUT2D eigenvalue weighted by molar-refractivity contribution is 0.750. The number of aromatic nitrogens is 3. The molecule has 3 rings (SSSR count). The molecule has 2 aromatic rings. The molecule has 1 saturated heterocycles. The standard InChI is InChI=1S/C13H16ClN5/c14-11-4-2-1-3-9(11)7-12-16-13(18-17-12)19-6-5-10(15)8-19/h1-4,10H,5-8,15H2,(H,16,17,18). The third kappa shape index (κ3) is 2.72. The Labute approximate surface area is 116 Å². The van der Waals surface area contributed by atoms with Crippen LogP contribution in [0.5, 0.6) is 0 Å². The van der Waals surface area contributed by atoms with Crippen LogP contribution >= 0.6 is 11.6 Å². The lowest BCUT2D eigenvalue weighted by atomic mass is 10.1. The van der Waals surface area contributed by atoms with Crippen molar-refractivity contribution in [1.29, 1.82) is 0 Å². The number of halogens is 1. The molecular weight excluding hydrogens is 262 g/mol. The second-order valence-corrected chi connectivity index (χ2v) is 5.25.